The predicted octanol–water partition coefficient (Wildman–Crippen LogP) is 6.84. The summed E-state index contributed by atoms with van der Waals surface area (Å²) in [7, 11) is 0. The number of nitrogens with two attached hydrogens (primary N) is 1. The number of rotatable bonds is 30. The molecular weight excluding hydrogens is 580 g/mol. The number of esters is 1. The minimum Gasteiger partial charge on any atom is -0.464 e. The third-order valence-corrected chi connectivity index (χ3v) is 8.37. The van der Waals surface area contributed by atoms with Gasteiger partial charge in [-0.15, -0.1) is 0 Å². The van der Waals surface area contributed by atoms with Crippen molar-refractivity contribution < 1.29 is 28.5 Å². The molecule has 0 radical (unpaired) electrons. The average Bonchev–Trinajstić information content (AvgIpc) is 3.04. The molecule has 0 aliphatic rings. The van der Waals surface area contributed by atoms with Gasteiger partial charge in [0.15, 0.2) is 12.4 Å². The summed E-state index contributed by atoms with van der Waals surface area (Å²) in [6.07, 6.45) is 26.4. The van der Waals surface area contributed by atoms with E-state index in [0.717, 1.165) is 70.8 Å². The summed E-state index contributed by atoms with van der Waals surface area (Å²) in [5, 5.41) is 5.87. The summed E-state index contributed by atoms with van der Waals surface area (Å²) in [6.45, 7) is 5.74. The monoisotopic (exact) mass is 645 g/mol. The second kappa shape index (κ2) is 28.3. The van der Waals surface area contributed by atoms with Crippen LogP contribution in [-0.4, -0.2) is 42.9 Å². The van der Waals surface area contributed by atoms with Crippen LogP contribution in [0.25, 0.3) is 0 Å². The van der Waals surface area contributed by atoms with Gasteiger partial charge >= 0.3 is 5.97 Å². The molecule has 1 heterocycles. The quantitative estimate of drug-likeness (QED) is 0.0479. The lowest BCUT2D eigenvalue weighted by Gasteiger charge is -2.17. The highest BCUT2D eigenvalue weighted by Gasteiger charge is 2.21. The fraction of sp³-hybridized carbons (Fsp3) is 0.757. The Kier molecular flexibility index (Phi) is 25.2. The van der Waals surface area contributed by atoms with Gasteiger partial charge in [-0.25, -0.2) is 9.36 Å². The van der Waals surface area contributed by atoms with Crippen LogP contribution in [0.3, 0.4) is 0 Å². The number of unbranched alkanes of at least 4 members (excludes halogenated alkanes) is 16. The number of pyridine rings is 1. The summed E-state index contributed by atoms with van der Waals surface area (Å²) >= 11 is 0. The SMILES string of the molecule is CCCCCCCCCCCC(=O)NCCCCC(NC(=O)CCCCCCCCCC[n+]1cccc(C(N)=O)c1)C(=O)OCC. The van der Waals surface area contributed by atoms with Gasteiger partial charge in [-0.05, 0) is 51.5 Å². The molecule has 0 saturated heterocycles. The van der Waals surface area contributed by atoms with Crippen molar-refractivity contribution in [2.24, 2.45) is 5.73 Å². The maximum Gasteiger partial charge on any atom is 0.328 e. The van der Waals surface area contributed by atoms with Crippen LogP contribution in [-0.2, 0) is 25.7 Å². The van der Waals surface area contributed by atoms with Gasteiger partial charge in [0.25, 0.3) is 5.91 Å². The number of nitrogens with zero attached hydrogens (tertiary/aromatic N) is 1. The zero-order chi connectivity index (χ0) is 33.7. The number of primary amides is 1. The van der Waals surface area contributed by atoms with Crippen LogP contribution in [0.1, 0.15) is 165 Å². The highest BCUT2D eigenvalue weighted by atomic mass is 16.5. The summed E-state index contributed by atoms with van der Waals surface area (Å²) in [5.74, 6) is -0.797. The average molecular weight is 646 g/mol. The van der Waals surface area contributed by atoms with E-state index in [0.29, 0.717) is 31.4 Å². The molecule has 262 valence electrons. The van der Waals surface area contributed by atoms with Gasteiger partial charge in [-0.3, -0.25) is 14.4 Å². The molecule has 0 aliphatic carbocycles. The fourth-order valence-corrected chi connectivity index (χ4v) is 5.59. The Hall–Kier alpha value is -2.97. The van der Waals surface area contributed by atoms with E-state index in [1.165, 1.54) is 57.8 Å². The number of ether oxygens (including phenoxy) is 1. The van der Waals surface area contributed by atoms with Crippen molar-refractivity contribution in [2.45, 2.75) is 168 Å². The molecule has 0 aromatic carbocycles. The summed E-state index contributed by atoms with van der Waals surface area (Å²) in [4.78, 5) is 48.4. The number of carbonyl (C=O) groups is 4. The van der Waals surface area contributed by atoms with E-state index in [-0.39, 0.29) is 24.4 Å². The van der Waals surface area contributed by atoms with E-state index in [2.05, 4.69) is 17.6 Å². The molecule has 3 amide bonds. The summed E-state index contributed by atoms with van der Waals surface area (Å²) in [5.41, 5.74) is 5.88. The lowest BCUT2D eigenvalue weighted by atomic mass is 10.1. The molecule has 9 heteroatoms. The lowest BCUT2D eigenvalue weighted by molar-refractivity contribution is -0.697. The first kappa shape index (κ1) is 41.1. The Morgan fingerprint density at radius 1 is 0.739 bits per heavy atom. The number of carbonyl (C=O) groups excluding carboxylic acids is 4. The third kappa shape index (κ3) is 22.5. The maximum atomic E-state index is 12.5. The Balaban J connectivity index is 2.09. The molecule has 0 spiro atoms. The molecule has 46 heavy (non-hydrogen) atoms. The molecule has 0 bridgehead atoms. The van der Waals surface area contributed by atoms with E-state index in [4.69, 9.17) is 10.5 Å². The Morgan fingerprint density at radius 3 is 1.89 bits per heavy atom. The highest BCUT2D eigenvalue weighted by molar-refractivity contribution is 5.92. The zero-order valence-electron chi connectivity index (χ0n) is 29.1. The molecular formula is C37H65N4O5+. The van der Waals surface area contributed by atoms with Gasteiger partial charge in [0.05, 0.1) is 6.61 Å². The van der Waals surface area contributed by atoms with Crippen molar-refractivity contribution in [3.8, 4) is 0 Å². The van der Waals surface area contributed by atoms with E-state index in [1.54, 1.807) is 19.2 Å². The fourth-order valence-electron chi connectivity index (χ4n) is 5.59. The van der Waals surface area contributed by atoms with Gasteiger partial charge in [0, 0.05) is 31.9 Å². The van der Waals surface area contributed by atoms with Crippen molar-refractivity contribution in [2.75, 3.05) is 13.2 Å². The van der Waals surface area contributed by atoms with Gasteiger partial charge in [0.1, 0.15) is 18.2 Å². The lowest BCUT2D eigenvalue weighted by Crippen LogP contribution is -2.41. The van der Waals surface area contributed by atoms with Crippen molar-refractivity contribution >= 4 is 23.7 Å². The molecule has 0 saturated carbocycles. The van der Waals surface area contributed by atoms with E-state index < -0.39 is 11.9 Å². The largest absolute Gasteiger partial charge is 0.464 e. The van der Waals surface area contributed by atoms with Crippen LogP contribution >= 0.6 is 0 Å². The predicted molar refractivity (Wildman–Crippen MR) is 184 cm³/mol. The Morgan fingerprint density at radius 2 is 1.30 bits per heavy atom. The number of nitrogens with one attached hydrogen (secondary N) is 2. The topological polar surface area (TPSA) is 131 Å². The Bertz CT molecular complexity index is 971. The van der Waals surface area contributed by atoms with Gasteiger partial charge in [-0.1, -0.05) is 90.4 Å². The number of hydrogen-bond donors (Lipinski definition) is 3. The standard InChI is InChI=1S/C37H64N4O5/c1-3-5-6-7-8-9-12-15-18-26-34(42)39-28-21-20-25-33(37(45)46-4-2)40-35(43)27-19-16-13-10-11-14-17-22-29-41-30-23-24-32(31-41)36(38)44/h23-24,30-31,33H,3-22,25-29H2,1-2H3,(H3-,38,39,40,42,43,44)/p+1. The molecule has 9 nitrogen and oxygen atoms in total. The second-order valence-electron chi connectivity index (χ2n) is 12.6. The molecule has 1 aromatic rings. The zero-order valence-corrected chi connectivity index (χ0v) is 29.1. The highest BCUT2D eigenvalue weighted by Crippen LogP contribution is 2.12. The Labute approximate surface area is 279 Å². The number of hydrogen-bond acceptors (Lipinski definition) is 5. The van der Waals surface area contributed by atoms with Crippen molar-refractivity contribution in [3.63, 3.8) is 0 Å². The number of aromatic nitrogens is 1. The van der Waals surface area contributed by atoms with Crippen LogP contribution in [0, 0.1) is 0 Å². The molecule has 1 unspecified atom stereocenters. The van der Waals surface area contributed by atoms with Crippen molar-refractivity contribution in [1.82, 2.24) is 10.6 Å². The van der Waals surface area contributed by atoms with Gasteiger partial charge in [0.2, 0.25) is 11.8 Å². The molecule has 0 fully saturated rings. The third-order valence-electron chi connectivity index (χ3n) is 8.37. The van der Waals surface area contributed by atoms with Crippen LogP contribution in [0.5, 0.6) is 0 Å². The first-order valence-electron chi connectivity index (χ1n) is 18.4. The van der Waals surface area contributed by atoms with Gasteiger partial charge < -0.3 is 21.1 Å². The molecule has 1 aromatic heterocycles. The number of amides is 3. The minimum absolute atomic E-state index is 0.0988. The van der Waals surface area contributed by atoms with Crippen molar-refractivity contribution in [1.29, 1.82) is 0 Å². The first-order chi connectivity index (χ1) is 22.4. The van der Waals surface area contributed by atoms with Crippen LogP contribution < -0.4 is 20.9 Å². The van der Waals surface area contributed by atoms with Crippen molar-refractivity contribution in [3.05, 3.63) is 30.1 Å². The van der Waals surface area contributed by atoms with E-state index in [9.17, 15) is 19.2 Å². The minimum atomic E-state index is -0.637. The van der Waals surface area contributed by atoms with Gasteiger partial charge in [-0.2, -0.15) is 0 Å². The summed E-state index contributed by atoms with van der Waals surface area (Å²) in [6, 6.07) is 2.94. The van der Waals surface area contributed by atoms with Crippen LogP contribution in [0.15, 0.2) is 24.5 Å². The molecule has 0 aliphatic heterocycles. The normalized spacial score (nSPS) is 11.6. The maximum absolute atomic E-state index is 12.5. The molecule has 4 N–H and O–H groups in total. The van der Waals surface area contributed by atoms with Crippen LogP contribution in [0.2, 0.25) is 0 Å². The summed E-state index contributed by atoms with van der Waals surface area (Å²) < 4.78 is 7.20. The van der Waals surface area contributed by atoms with Crippen LogP contribution in [0.4, 0.5) is 0 Å². The van der Waals surface area contributed by atoms with E-state index in [1.807, 2.05) is 16.8 Å². The molecule has 1 atom stereocenters. The first-order valence-corrected chi connectivity index (χ1v) is 18.4. The molecule has 1 rings (SSSR count). The van der Waals surface area contributed by atoms with E-state index >= 15 is 0 Å². The second-order valence-corrected chi connectivity index (χ2v) is 12.6. The number of aryl methyl sites for hydroxylation is 1. The smallest absolute Gasteiger partial charge is 0.328 e.